The molecule has 0 saturated carbocycles. The molecule has 0 aliphatic carbocycles. The van der Waals surface area contributed by atoms with E-state index in [2.05, 4.69) is 11.8 Å². The molecule has 0 spiro atoms. The van der Waals surface area contributed by atoms with Crippen molar-refractivity contribution in [2.24, 2.45) is 0 Å². The highest BCUT2D eigenvalue weighted by Crippen LogP contribution is 2.19. The lowest BCUT2D eigenvalue weighted by molar-refractivity contribution is 0.122. The largest absolute Gasteiger partial charge is 0.392 e. The molecule has 0 heterocycles. The van der Waals surface area contributed by atoms with Crippen molar-refractivity contribution in [3.05, 3.63) is 47.5 Å². The summed E-state index contributed by atoms with van der Waals surface area (Å²) in [7, 11) is 0. The van der Waals surface area contributed by atoms with Gasteiger partial charge in [0, 0.05) is 0 Å². The van der Waals surface area contributed by atoms with Crippen LogP contribution in [0.15, 0.2) is 36.4 Å². The van der Waals surface area contributed by atoms with E-state index in [1.807, 2.05) is 31.2 Å². The summed E-state index contributed by atoms with van der Waals surface area (Å²) < 4.78 is 0. The molecular weight excluding hydrogens is 200 g/mol. The Morgan fingerprint density at radius 3 is 2.50 bits per heavy atom. The van der Waals surface area contributed by atoms with E-state index in [9.17, 15) is 5.11 Å². The average Bonchev–Trinajstić information content (AvgIpc) is 2.25. The quantitative estimate of drug-likeness (QED) is 0.739. The maximum atomic E-state index is 10.1. The minimum atomic E-state index is -1.16. The van der Waals surface area contributed by atoms with E-state index in [0.29, 0.717) is 0 Å². The fraction of sp³-hybridized carbons (Fsp3) is 0.286. The summed E-state index contributed by atoms with van der Waals surface area (Å²) >= 11 is 0. The van der Waals surface area contributed by atoms with Gasteiger partial charge >= 0.3 is 0 Å². The molecule has 1 aromatic carbocycles. The van der Waals surface area contributed by atoms with Gasteiger partial charge in [-0.25, -0.2) is 0 Å². The molecule has 0 amide bonds. The van der Waals surface area contributed by atoms with Crippen molar-refractivity contribution in [2.45, 2.75) is 19.4 Å². The minimum absolute atomic E-state index is 0.0403. The summed E-state index contributed by atoms with van der Waals surface area (Å²) in [6.45, 7) is 3.60. The number of benzene rings is 1. The van der Waals surface area contributed by atoms with Gasteiger partial charge in [0.2, 0.25) is 0 Å². The maximum Gasteiger partial charge on any atom is 0.148 e. The van der Waals surface area contributed by atoms with E-state index in [1.54, 1.807) is 6.92 Å². The van der Waals surface area contributed by atoms with Gasteiger partial charge in [-0.1, -0.05) is 47.7 Å². The Kier molecular flexibility index (Phi) is 4.30. The first kappa shape index (κ1) is 12.5. The second kappa shape index (κ2) is 5.50. The van der Waals surface area contributed by atoms with Crippen LogP contribution in [-0.2, 0) is 5.60 Å². The predicted molar refractivity (Wildman–Crippen MR) is 64.8 cm³/mol. The highest BCUT2D eigenvalue weighted by molar-refractivity contribution is 5.34. The number of aryl methyl sites for hydroxylation is 1. The zero-order valence-corrected chi connectivity index (χ0v) is 9.57. The van der Waals surface area contributed by atoms with Gasteiger partial charge in [0.05, 0.1) is 6.61 Å². The SMILES string of the molecule is Cc1ccc(C(C)(O)C#C/C=C\CO)cc1. The van der Waals surface area contributed by atoms with Gasteiger partial charge in [-0.15, -0.1) is 0 Å². The summed E-state index contributed by atoms with van der Waals surface area (Å²) in [4.78, 5) is 0. The van der Waals surface area contributed by atoms with Gasteiger partial charge in [0.25, 0.3) is 0 Å². The molecule has 0 saturated heterocycles. The number of hydrogen-bond acceptors (Lipinski definition) is 2. The lowest BCUT2D eigenvalue weighted by Crippen LogP contribution is -2.18. The molecule has 84 valence electrons. The van der Waals surface area contributed by atoms with E-state index in [-0.39, 0.29) is 6.61 Å². The zero-order valence-electron chi connectivity index (χ0n) is 9.57. The topological polar surface area (TPSA) is 40.5 Å². The van der Waals surface area contributed by atoms with Gasteiger partial charge in [-0.05, 0) is 25.5 Å². The Hall–Kier alpha value is -1.56. The van der Waals surface area contributed by atoms with Crippen LogP contribution in [0.2, 0.25) is 0 Å². The molecule has 0 fully saturated rings. The number of allylic oxidation sites excluding steroid dienone is 1. The Labute approximate surface area is 96.2 Å². The van der Waals surface area contributed by atoms with Crippen LogP contribution in [-0.4, -0.2) is 16.8 Å². The van der Waals surface area contributed by atoms with Crippen molar-refractivity contribution < 1.29 is 10.2 Å². The third-order valence-electron chi connectivity index (χ3n) is 2.24. The Morgan fingerprint density at radius 2 is 1.94 bits per heavy atom. The molecular formula is C14H16O2. The summed E-state index contributed by atoms with van der Waals surface area (Å²) in [5, 5.41) is 18.6. The van der Waals surface area contributed by atoms with Crippen LogP contribution < -0.4 is 0 Å². The van der Waals surface area contributed by atoms with Crippen molar-refractivity contribution in [1.82, 2.24) is 0 Å². The highest BCUT2D eigenvalue weighted by atomic mass is 16.3. The predicted octanol–water partition coefficient (Wildman–Crippen LogP) is 1.75. The molecule has 2 heteroatoms. The van der Waals surface area contributed by atoms with Gasteiger partial charge in [0.15, 0.2) is 0 Å². The minimum Gasteiger partial charge on any atom is -0.392 e. The summed E-state index contributed by atoms with van der Waals surface area (Å²) in [6.07, 6.45) is 3.06. The molecule has 1 rings (SSSR count). The highest BCUT2D eigenvalue weighted by Gasteiger charge is 2.18. The van der Waals surface area contributed by atoms with E-state index >= 15 is 0 Å². The fourth-order valence-electron chi connectivity index (χ4n) is 1.24. The molecule has 0 aliphatic heterocycles. The van der Waals surface area contributed by atoms with Crippen LogP contribution in [0.3, 0.4) is 0 Å². The Bertz CT molecular complexity index is 416. The molecule has 1 aromatic rings. The fourth-order valence-corrected chi connectivity index (χ4v) is 1.24. The zero-order chi connectivity index (χ0) is 12.0. The summed E-state index contributed by atoms with van der Waals surface area (Å²) in [5.41, 5.74) is 0.753. The van der Waals surface area contributed by atoms with Crippen molar-refractivity contribution in [3.63, 3.8) is 0 Å². The van der Waals surface area contributed by atoms with E-state index in [0.717, 1.165) is 11.1 Å². The molecule has 0 aliphatic rings. The second-order valence-electron chi connectivity index (χ2n) is 3.79. The van der Waals surface area contributed by atoms with Gasteiger partial charge in [0.1, 0.15) is 5.60 Å². The van der Waals surface area contributed by atoms with Crippen LogP contribution in [0.4, 0.5) is 0 Å². The molecule has 1 atom stereocenters. The molecule has 2 nitrogen and oxygen atoms in total. The van der Waals surface area contributed by atoms with E-state index < -0.39 is 5.60 Å². The second-order valence-corrected chi connectivity index (χ2v) is 3.79. The first-order valence-corrected chi connectivity index (χ1v) is 5.14. The molecule has 16 heavy (non-hydrogen) atoms. The molecule has 1 unspecified atom stereocenters. The van der Waals surface area contributed by atoms with Gasteiger partial charge < -0.3 is 10.2 Å². The molecule has 0 aromatic heterocycles. The molecule has 0 radical (unpaired) electrons. The third kappa shape index (κ3) is 3.54. The number of rotatable bonds is 2. The van der Waals surface area contributed by atoms with Crippen LogP contribution in [0.25, 0.3) is 0 Å². The van der Waals surface area contributed by atoms with Crippen molar-refractivity contribution in [3.8, 4) is 11.8 Å². The van der Waals surface area contributed by atoms with Crippen molar-refractivity contribution in [1.29, 1.82) is 0 Å². The lowest BCUT2D eigenvalue weighted by Gasteiger charge is -2.16. The first-order chi connectivity index (χ1) is 7.56. The van der Waals surface area contributed by atoms with Crippen molar-refractivity contribution >= 4 is 0 Å². The molecule has 2 N–H and O–H groups in total. The number of aliphatic hydroxyl groups is 2. The monoisotopic (exact) mass is 216 g/mol. The summed E-state index contributed by atoms with van der Waals surface area (Å²) in [5.74, 6) is 5.44. The number of hydrogen-bond donors (Lipinski definition) is 2. The number of aliphatic hydroxyl groups excluding tert-OH is 1. The van der Waals surface area contributed by atoms with Gasteiger partial charge in [-0.3, -0.25) is 0 Å². The average molecular weight is 216 g/mol. The van der Waals surface area contributed by atoms with E-state index in [1.165, 1.54) is 12.2 Å². The lowest BCUT2D eigenvalue weighted by atomic mass is 9.96. The van der Waals surface area contributed by atoms with Crippen LogP contribution in [0.5, 0.6) is 0 Å². The van der Waals surface area contributed by atoms with E-state index in [4.69, 9.17) is 5.11 Å². The van der Waals surface area contributed by atoms with Crippen LogP contribution in [0, 0.1) is 18.8 Å². The molecule has 0 bridgehead atoms. The Morgan fingerprint density at radius 1 is 1.31 bits per heavy atom. The first-order valence-electron chi connectivity index (χ1n) is 5.14. The standard InChI is InChI=1S/C14H16O2/c1-12-6-8-13(9-7-12)14(2,16)10-4-3-5-11-15/h3,5-9,15-16H,11H2,1-2H3/b5-3-. The van der Waals surface area contributed by atoms with Crippen molar-refractivity contribution in [2.75, 3.05) is 6.61 Å². The third-order valence-corrected chi connectivity index (χ3v) is 2.24. The normalized spacial score (nSPS) is 14.2. The van der Waals surface area contributed by atoms with Crippen LogP contribution in [0.1, 0.15) is 18.1 Å². The Balaban J connectivity index is 2.87. The smallest absolute Gasteiger partial charge is 0.148 e. The maximum absolute atomic E-state index is 10.1. The van der Waals surface area contributed by atoms with Crippen LogP contribution >= 0.6 is 0 Å². The summed E-state index contributed by atoms with van der Waals surface area (Å²) in [6, 6.07) is 7.60. The van der Waals surface area contributed by atoms with Gasteiger partial charge in [-0.2, -0.15) is 0 Å².